The van der Waals surface area contributed by atoms with Crippen LogP contribution in [0, 0.1) is 11.3 Å². The molecule has 1 heterocycles. The fourth-order valence-corrected chi connectivity index (χ4v) is 3.74. The van der Waals surface area contributed by atoms with Crippen molar-refractivity contribution in [3.8, 4) is 6.07 Å². The molecule has 0 saturated carbocycles. The van der Waals surface area contributed by atoms with Gasteiger partial charge in [0.15, 0.2) is 0 Å². The maximum atomic E-state index is 12.3. The van der Waals surface area contributed by atoms with Crippen molar-refractivity contribution in [1.82, 2.24) is 9.62 Å². The van der Waals surface area contributed by atoms with E-state index in [9.17, 15) is 8.42 Å². The zero-order valence-corrected chi connectivity index (χ0v) is 11.4. The second-order valence-corrected chi connectivity index (χ2v) is 6.55. The number of benzene rings is 1. The van der Waals surface area contributed by atoms with Crippen LogP contribution in [0.1, 0.15) is 5.56 Å². The predicted octanol–water partition coefficient (Wildman–Crippen LogP) is 0.356. The SMILES string of the molecule is N#CC1CNCCN1S(=O)(=O)CCc1ccccc1. The summed E-state index contributed by atoms with van der Waals surface area (Å²) < 4.78 is 25.9. The molecule has 1 aliphatic rings. The van der Waals surface area contributed by atoms with Gasteiger partial charge in [-0.1, -0.05) is 30.3 Å². The lowest BCUT2D eigenvalue weighted by atomic mass is 10.2. The standard InChI is InChI=1S/C13H17N3O2S/c14-10-13-11-15-7-8-16(13)19(17,18)9-6-12-4-2-1-3-5-12/h1-5,13,15H,6-9,11H2. The van der Waals surface area contributed by atoms with Crippen molar-refractivity contribution in [3.05, 3.63) is 35.9 Å². The maximum absolute atomic E-state index is 12.3. The van der Waals surface area contributed by atoms with E-state index in [-0.39, 0.29) is 5.75 Å². The summed E-state index contributed by atoms with van der Waals surface area (Å²) in [6.07, 6.45) is 0.477. The van der Waals surface area contributed by atoms with Crippen molar-refractivity contribution >= 4 is 10.0 Å². The van der Waals surface area contributed by atoms with Gasteiger partial charge < -0.3 is 5.32 Å². The number of aryl methyl sites for hydroxylation is 1. The molecular weight excluding hydrogens is 262 g/mol. The van der Waals surface area contributed by atoms with E-state index in [1.807, 2.05) is 36.4 Å². The van der Waals surface area contributed by atoms with Crippen LogP contribution < -0.4 is 5.32 Å². The number of nitriles is 1. The smallest absolute Gasteiger partial charge is 0.215 e. The van der Waals surface area contributed by atoms with E-state index in [4.69, 9.17) is 5.26 Å². The summed E-state index contributed by atoms with van der Waals surface area (Å²) in [6.45, 7) is 1.37. The maximum Gasteiger partial charge on any atom is 0.215 e. The highest BCUT2D eigenvalue weighted by Gasteiger charge is 2.31. The van der Waals surface area contributed by atoms with Crippen LogP contribution in [0.2, 0.25) is 0 Å². The Morgan fingerprint density at radius 3 is 2.79 bits per heavy atom. The molecule has 19 heavy (non-hydrogen) atoms. The first-order chi connectivity index (χ1) is 9.13. The van der Waals surface area contributed by atoms with Crippen LogP contribution >= 0.6 is 0 Å². The van der Waals surface area contributed by atoms with Crippen LogP contribution in [-0.4, -0.2) is 44.2 Å². The first-order valence-electron chi connectivity index (χ1n) is 6.27. The molecular formula is C13H17N3O2S. The molecule has 0 amide bonds. The van der Waals surface area contributed by atoms with Crippen LogP contribution in [0.3, 0.4) is 0 Å². The highest BCUT2D eigenvalue weighted by atomic mass is 32.2. The Morgan fingerprint density at radius 2 is 2.11 bits per heavy atom. The largest absolute Gasteiger partial charge is 0.313 e. The van der Waals surface area contributed by atoms with E-state index in [1.165, 1.54) is 4.31 Å². The minimum Gasteiger partial charge on any atom is -0.313 e. The zero-order valence-electron chi connectivity index (χ0n) is 10.6. The first kappa shape index (κ1) is 14.0. The van der Waals surface area contributed by atoms with Crippen molar-refractivity contribution in [3.63, 3.8) is 0 Å². The van der Waals surface area contributed by atoms with Gasteiger partial charge in [-0.3, -0.25) is 0 Å². The third-order valence-corrected chi connectivity index (χ3v) is 5.06. The van der Waals surface area contributed by atoms with Crippen molar-refractivity contribution in [2.45, 2.75) is 12.5 Å². The van der Waals surface area contributed by atoms with Gasteiger partial charge in [0.25, 0.3) is 0 Å². The normalized spacial score (nSPS) is 20.9. The lowest BCUT2D eigenvalue weighted by Gasteiger charge is -2.30. The quantitative estimate of drug-likeness (QED) is 0.863. The van der Waals surface area contributed by atoms with E-state index < -0.39 is 16.1 Å². The number of nitrogens with one attached hydrogen (secondary N) is 1. The molecule has 5 nitrogen and oxygen atoms in total. The molecule has 0 bridgehead atoms. The Hall–Kier alpha value is -1.42. The van der Waals surface area contributed by atoms with Crippen molar-refractivity contribution in [1.29, 1.82) is 5.26 Å². The van der Waals surface area contributed by atoms with Gasteiger partial charge in [0.2, 0.25) is 10.0 Å². The Morgan fingerprint density at radius 1 is 1.37 bits per heavy atom. The molecule has 0 spiro atoms. The molecule has 1 aliphatic heterocycles. The molecule has 2 rings (SSSR count). The summed E-state index contributed by atoms with van der Waals surface area (Å²) in [5.74, 6) is 0.0508. The molecule has 1 atom stereocenters. The monoisotopic (exact) mass is 279 g/mol. The Balaban J connectivity index is 2.03. The molecule has 1 fully saturated rings. The Bertz CT molecular complexity index is 551. The summed E-state index contributed by atoms with van der Waals surface area (Å²) >= 11 is 0. The molecule has 0 aliphatic carbocycles. The van der Waals surface area contributed by atoms with Crippen molar-refractivity contribution in [2.24, 2.45) is 0 Å². The van der Waals surface area contributed by atoms with Gasteiger partial charge in [0.1, 0.15) is 6.04 Å². The number of piperazine rings is 1. The average Bonchev–Trinajstić information content (AvgIpc) is 2.46. The van der Waals surface area contributed by atoms with Crippen LogP contribution in [0.25, 0.3) is 0 Å². The molecule has 1 unspecified atom stereocenters. The predicted molar refractivity (Wildman–Crippen MR) is 72.9 cm³/mol. The lowest BCUT2D eigenvalue weighted by molar-refractivity contribution is 0.312. The fraction of sp³-hybridized carbons (Fsp3) is 0.462. The molecule has 102 valence electrons. The summed E-state index contributed by atoms with van der Waals surface area (Å²) in [7, 11) is -3.37. The Labute approximate surface area is 113 Å². The van der Waals surface area contributed by atoms with Crippen LogP contribution in [0.15, 0.2) is 30.3 Å². The summed E-state index contributed by atoms with van der Waals surface area (Å²) in [6, 6.07) is 11.0. The Kier molecular flexibility index (Phi) is 4.53. The second kappa shape index (κ2) is 6.15. The minimum absolute atomic E-state index is 0.0508. The molecule has 1 aromatic rings. The van der Waals surface area contributed by atoms with Crippen LogP contribution in [-0.2, 0) is 16.4 Å². The molecule has 1 N–H and O–H groups in total. The first-order valence-corrected chi connectivity index (χ1v) is 7.88. The van der Waals surface area contributed by atoms with Crippen LogP contribution in [0.5, 0.6) is 0 Å². The van der Waals surface area contributed by atoms with E-state index >= 15 is 0 Å². The number of rotatable bonds is 4. The van der Waals surface area contributed by atoms with Gasteiger partial charge in [0, 0.05) is 19.6 Å². The highest BCUT2D eigenvalue weighted by molar-refractivity contribution is 7.89. The van der Waals surface area contributed by atoms with Gasteiger partial charge in [-0.05, 0) is 12.0 Å². The van der Waals surface area contributed by atoms with Gasteiger partial charge in [-0.25, -0.2) is 8.42 Å². The third kappa shape index (κ3) is 3.53. The van der Waals surface area contributed by atoms with E-state index in [1.54, 1.807) is 0 Å². The molecule has 0 aromatic heterocycles. The van der Waals surface area contributed by atoms with Gasteiger partial charge in [0.05, 0.1) is 11.8 Å². The van der Waals surface area contributed by atoms with E-state index in [0.29, 0.717) is 26.1 Å². The van der Waals surface area contributed by atoms with Gasteiger partial charge in [-0.15, -0.1) is 0 Å². The number of nitrogens with zero attached hydrogens (tertiary/aromatic N) is 2. The van der Waals surface area contributed by atoms with E-state index in [2.05, 4.69) is 5.32 Å². The zero-order chi connectivity index (χ0) is 13.7. The summed E-state index contributed by atoms with van der Waals surface area (Å²) in [4.78, 5) is 0. The molecule has 6 heteroatoms. The minimum atomic E-state index is -3.37. The molecule has 1 saturated heterocycles. The summed E-state index contributed by atoms with van der Waals surface area (Å²) in [5, 5.41) is 12.0. The van der Waals surface area contributed by atoms with E-state index in [0.717, 1.165) is 5.56 Å². The second-order valence-electron chi connectivity index (χ2n) is 4.51. The fourth-order valence-electron chi connectivity index (χ4n) is 2.14. The van der Waals surface area contributed by atoms with Gasteiger partial charge in [-0.2, -0.15) is 9.57 Å². The molecule has 1 aromatic carbocycles. The van der Waals surface area contributed by atoms with Gasteiger partial charge >= 0.3 is 0 Å². The summed E-state index contributed by atoms with van der Waals surface area (Å²) in [5.41, 5.74) is 0.995. The number of hydrogen-bond donors (Lipinski definition) is 1. The lowest BCUT2D eigenvalue weighted by Crippen LogP contribution is -2.53. The highest BCUT2D eigenvalue weighted by Crippen LogP contribution is 2.12. The third-order valence-electron chi connectivity index (χ3n) is 3.19. The van der Waals surface area contributed by atoms with Crippen molar-refractivity contribution in [2.75, 3.05) is 25.4 Å². The van der Waals surface area contributed by atoms with Crippen LogP contribution in [0.4, 0.5) is 0 Å². The molecule has 0 radical (unpaired) electrons. The van der Waals surface area contributed by atoms with Crippen molar-refractivity contribution < 1.29 is 8.42 Å². The number of hydrogen-bond acceptors (Lipinski definition) is 4. The topological polar surface area (TPSA) is 73.2 Å². The number of sulfonamides is 1. The average molecular weight is 279 g/mol.